The van der Waals surface area contributed by atoms with Crippen LogP contribution in [0.3, 0.4) is 0 Å². The van der Waals surface area contributed by atoms with Gasteiger partial charge in [-0.3, -0.25) is 9.59 Å². The van der Waals surface area contributed by atoms with Crippen molar-refractivity contribution >= 4 is 23.2 Å². The molecule has 3 aromatic rings. The number of benzene rings is 2. The average Bonchev–Trinajstić information content (AvgIpc) is 3.25. The van der Waals surface area contributed by atoms with Crippen LogP contribution in [0.4, 0.5) is 0 Å². The van der Waals surface area contributed by atoms with Crippen molar-refractivity contribution in [3.05, 3.63) is 93.2 Å². The van der Waals surface area contributed by atoms with E-state index in [1.54, 1.807) is 16.2 Å². The quantitative estimate of drug-likeness (QED) is 0.325. The first-order chi connectivity index (χ1) is 16.5. The Morgan fingerprint density at radius 2 is 1.62 bits per heavy atom. The Morgan fingerprint density at radius 3 is 2.29 bits per heavy atom. The molecule has 0 unspecified atom stereocenters. The van der Waals surface area contributed by atoms with Crippen molar-refractivity contribution in [3.63, 3.8) is 0 Å². The summed E-state index contributed by atoms with van der Waals surface area (Å²) >= 11 is 1.70. The maximum absolute atomic E-state index is 13.6. The molecule has 34 heavy (non-hydrogen) atoms. The number of nitrogens with zero attached hydrogens (tertiary/aromatic N) is 2. The molecule has 0 radical (unpaired) electrons. The molecule has 1 aromatic heterocycles. The fourth-order valence-corrected chi connectivity index (χ4v) is 4.70. The summed E-state index contributed by atoms with van der Waals surface area (Å²) in [7, 11) is 0. The lowest BCUT2D eigenvalue weighted by atomic mass is 10.1. The summed E-state index contributed by atoms with van der Waals surface area (Å²) < 4.78 is 5.47. The number of hydrogen-bond donors (Lipinski definition) is 0. The highest BCUT2D eigenvalue weighted by atomic mass is 32.1. The van der Waals surface area contributed by atoms with Crippen molar-refractivity contribution < 1.29 is 14.3 Å². The van der Waals surface area contributed by atoms with E-state index in [-0.39, 0.29) is 18.4 Å². The molecule has 6 heteroatoms. The van der Waals surface area contributed by atoms with Gasteiger partial charge in [-0.05, 0) is 56.5 Å². The van der Waals surface area contributed by atoms with Crippen LogP contribution >= 0.6 is 11.3 Å². The number of ether oxygens (including phenoxy) is 1. The topological polar surface area (TPSA) is 49.9 Å². The van der Waals surface area contributed by atoms with E-state index in [2.05, 4.69) is 19.1 Å². The number of rotatable bonds is 12. The first-order valence-electron chi connectivity index (χ1n) is 11.8. The summed E-state index contributed by atoms with van der Waals surface area (Å²) in [5.41, 5.74) is 2.61. The van der Waals surface area contributed by atoms with Crippen LogP contribution in [0.15, 0.2) is 66.7 Å². The van der Waals surface area contributed by atoms with Crippen LogP contribution in [0.2, 0.25) is 0 Å². The summed E-state index contributed by atoms with van der Waals surface area (Å²) in [6, 6.07) is 21.7. The Hall–Kier alpha value is -2.96. The van der Waals surface area contributed by atoms with Gasteiger partial charge >= 0.3 is 0 Å². The molecule has 5 nitrogen and oxygen atoms in total. The van der Waals surface area contributed by atoms with Crippen molar-refractivity contribution in [3.8, 4) is 0 Å². The third-order valence-corrected chi connectivity index (χ3v) is 6.61. The van der Waals surface area contributed by atoms with Crippen molar-refractivity contribution in [2.24, 2.45) is 0 Å². The molecule has 0 aliphatic heterocycles. The second-order valence-electron chi connectivity index (χ2n) is 8.34. The molecular formula is C28H34N2O3S. The third-order valence-electron chi connectivity index (χ3n) is 5.62. The molecule has 0 fully saturated rings. The second-order valence-corrected chi connectivity index (χ2v) is 9.71. The summed E-state index contributed by atoms with van der Waals surface area (Å²) in [5, 5.41) is 0. The first kappa shape index (κ1) is 25.7. The van der Waals surface area contributed by atoms with Gasteiger partial charge in [0, 0.05) is 41.6 Å². The van der Waals surface area contributed by atoms with Crippen molar-refractivity contribution in [1.29, 1.82) is 0 Å². The standard InChI is InChI=1S/C28H34N2O3S/c1-4-33-18-10-17-29(28(32)26-14-9-8-11-22(26)2)21-27(31)30(19-24-12-6-5-7-13-24)20-25-16-15-23(3)34-25/h5-9,11-16H,4,10,17-21H2,1-3H3. The predicted octanol–water partition coefficient (Wildman–Crippen LogP) is 5.46. The molecule has 0 aliphatic carbocycles. The van der Waals surface area contributed by atoms with Crippen LogP contribution in [0, 0.1) is 13.8 Å². The van der Waals surface area contributed by atoms with E-state index in [4.69, 9.17) is 4.74 Å². The largest absolute Gasteiger partial charge is 0.382 e. The Bertz CT molecular complexity index is 1060. The fraction of sp³-hybridized carbons (Fsp3) is 0.357. The molecule has 2 amide bonds. The molecule has 2 aromatic carbocycles. The number of hydrogen-bond acceptors (Lipinski definition) is 4. The molecule has 0 spiro atoms. The van der Waals surface area contributed by atoms with E-state index in [0.717, 1.165) is 16.0 Å². The van der Waals surface area contributed by atoms with E-state index in [9.17, 15) is 9.59 Å². The highest BCUT2D eigenvalue weighted by Crippen LogP contribution is 2.19. The van der Waals surface area contributed by atoms with Crippen molar-refractivity contribution in [2.45, 2.75) is 40.3 Å². The van der Waals surface area contributed by atoms with Crippen LogP contribution in [0.5, 0.6) is 0 Å². The monoisotopic (exact) mass is 478 g/mol. The number of amides is 2. The lowest BCUT2D eigenvalue weighted by Crippen LogP contribution is -2.43. The molecule has 3 rings (SSSR count). The molecule has 0 atom stereocenters. The minimum atomic E-state index is -0.116. The van der Waals surface area contributed by atoms with Gasteiger partial charge in [-0.1, -0.05) is 48.5 Å². The first-order valence-corrected chi connectivity index (χ1v) is 12.6. The number of carbonyl (C=O) groups excluding carboxylic acids is 2. The predicted molar refractivity (Wildman–Crippen MR) is 138 cm³/mol. The summed E-state index contributed by atoms with van der Waals surface area (Å²) in [6.45, 7) is 8.67. The fourth-order valence-electron chi connectivity index (χ4n) is 3.79. The molecule has 0 aliphatic rings. The highest BCUT2D eigenvalue weighted by Gasteiger charge is 2.24. The van der Waals surface area contributed by atoms with Crippen molar-refractivity contribution in [2.75, 3.05) is 26.3 Å². The maximum Gasteiger partial charge on any atom is 0.254 e. The number of aryl methyl sites for hydroxylation is 2. The van der Waals surface area contributed by atoms with Gasteiger partial charge in [0.25, 0.3) is 5.91 Å². The van der Waals surface area contributed by atoms with Gasteiger partial charge in [0.05, 0.1) is 6.54 Å². The molecule has 0 saturated heterocycles. The van der Waals surface area contributed by atoms with Crippen LogP contribution in [0.25, 0.3) is 0 Å². The van der Waals surface area contributed by atoms with Crippen LogP contribution in [-0.2, 0) is 22.6 Å². The van der Waals surface area contributed by atoms with E-state index in [0.29, 0.717) is 44.8 Å². The van der Waals surface area contributed by atoms with E-state index in [1.165, 1.54) is 4.88 Å². The highest BCUT2D eigenvalue weighted by molar-refractivity contribution is 7.11. The van der Waals surface area contributed by atoms with Gasteiger partial charge in [0.2, 0.25) is 5.91 Å². The van der Waals surface area contributed by atoms with Gasteiger partial charge in [-0.2, -0.15) is 0 Å². The summed E-state index contributed by atoms with van der Waals surface area (Å²) in [4.78, 5) is 32.9. The average molecular weight is 479 g/mol. The Balaban J connectivity index is 1.80. The Morgan fingerprint density at radius 1 is 0.882 bits per heavy atom. The van der Waals surface area contributed by atoms with E-state index in [1.807, 2.05) is 73.3 Å². The number of carbonyl (C=O) groups is 2. The molecular weight excluding hydrogens is 444 g/mol. The van der Waals surface area contributed by atoms with Crippen LogP contribution in [0.1, 0.15) is 44.6 Å². The maximum atomic E-state index is 13.6. The zero-order chi connectivity index (χ0) is 24.3. The smallest absolute Gasteiger partial charge is 0.254 e. The van der Waals surface area contributed by atoms with Gasteiger partial charge in [-0.15, -0.1) is 11.3 Å². The summed E-state index contributed by atoms with van der Waals surface area (Å²) in [6.07, 6.45) is 0.682. The molecule has 1 heterocycles. The molecule has 0 N–H and O–H groups in total. The number of thiophene rings is 1. The van der Waals surface area contributed by atoms with E-state index < -0.39 is 0 Å². The third kappa shape index (κ3) is 7.54. The summed E-state index contributed by atoms with van der Waals surface area (Å²) in [5.74, 6) is -0.178. The van der Waals surface area contributed by atoms with E-state index >= 15 is 0 Å². The van der Waals surface area contributed by atoms with Gasteiger partial charge in [0.1, 0.15) is 6.54 Å². The molecule has 0 bridgehead atoms. The Kier molecular flexibility index (Phi) is 9.86. The molecule has 180 valence electrons. The molecule has 0 saturated carbocycles. The van der Waals surface area contributed by atoms with Gasteiger partial charge in [-0.25, -0.2) is 0 Å². The van der Waals surface area contributed by atoms with Crippen molar-refractivity contribution in [1.82, 2.24) is 9.80 Å². The van der Waals surface area contributed by atoms with Gasteiger partial charge < -0.3 is 14.5 Å². The minimum absolute atomic E-state index is 0.0382. The van der Waals surface area contributed by atoms with Crippen LogP contribution in [-0.4, -0.2) is 47.9 Å². The zero-order valence-corrected chi connectivity index (χ0v) is 21.1. The zero-order valence-electron chi connectivity index (χ0n) is 20.3. The lowest BCUT2D eigenvalue weighted by molar-refractivity contribution is -0.133. The normalized spacial score (nSPS) is 10.8. The lowest BCUT2D eigenvalue weighted by Gasteiger charge is -2.28. The SMILES string of the molecule is CCOCCCN(CC(=O)N(Cc1ccccc1)Cc1ccc(C)s1)C(=O)c1ccccc1C. The second kappa shape index (κ2) is 13.1. The van der Waals surface area contributed by atoms with Gasteiger partial charge in [0.15, 0.2) is 0 Å². The Labute approximate surface area is 207 Å². The van der Waals surface area contributed by atoms with Crippen LogP contribution < -0.4 is 0 Å². The minimum Gasteiger partial charge on any atom is -0.382 e.